The van der Waals surface area contributed by atoms with Crippen LogP contribution >= 0.6 is 0 Å². The Bertz CT molecular complexity index is 1180. The number of carbonyl (C=O) groups is 1. The summed E-state index contributed by atoms with van der Waals surface area (Å²) in [5.74, 6) is -0.311. The first-order valence-corrected chi connectivity index (χ1v) is 10.1. The van der Waals surface area contributed by atoms with Crippen LogP contribution in [0.2, 0.25) is 0 Å². The zero-order valence-electron chi connectivity index (χ0n) is 16.8. The number of anilines is 3. The molecular formula is C22H22N6O3. The van der Waals surface area contributed by atoms with Crippen LogP contribution < -0.4 is 10.6 Å². The number of H-pyrrole nitrogens is 1. The third kappa shape index (κ3) is 4.27. The van der Waals surface area contributed by atoms with Crippen LogP contribution in [0.5, 0.6) is 0 Å². The van der Waals surface area contributed by atoms with E-state index in [-0.39, 0.29) is 11.6 Å². The molecule has 9 nitrogen and oxygen atoms in total. The number of fused-ring (bicyclic) bond motifs is 1. The van der Waals surface area contributed by atoms with Crippen molar-refractivity contribution in [2.45, 2.75) is 6.54 Å². The molecule has 0 saturated carbocycles. The number of amides is 1. The lowest BCUT2D eigenvalue weighted by atomic mass is 10.2. The number of carbonyl (C=O) groups excluding carboxylic acids is 1. The number of hydrogen-bond donors (Lipinski definition) is 3. The number of morpholine rings is 1. The van der Waals surface area contributed by atoms with E-state index in [0.29, 0.717) is 22.6 Å². The highest BCUT2D eigenvalue weighted by Crippen LogP contribution is 2.27. The molecule has 1 aromatic carbocycles. The molecular weight excluding hydrogens is 396 g/mol. The summed E-state index contributed by atoms with van der Waals surface area (Å²) in [5, 5.41) is 13.0. The lowest BCUT2D eigenvalue weighted by molar-refractivity contribution is 0.0342. The topological polar surface area (TPSA) is 108 Å². The van der Waals surface area contributed by atoms with E-state index in [2.05, 4.69) is 30.7 Å². The molecule has 31 heavy (non-hydrogen) atoms. The third-order valence-corrected chi connectivity index (χ3v) is 5.19. The van der Waals surface area contributed by atoms with Gasteiger partial charge >= 0.3 is 0 Å². The highest BCUT2D eigenvalue weighted by atomic mass is 16.5. The third-order valence-electron chi connectivity index (χ3n) is 5.19. The summed E-state index contributed by atoms with van der Waals surface area (Å²) in [6.07, 6.45) is 4.89. The fraction of sp³-hybridized carbons (Fsp3) is 0.227. The van der Waals surface area contributed by atoms with Crippen LogP contribution in [0.15, 0.2) is 59.5 Å². The molecule has 0 spiro atoms. The molecule has 5 rings (SSSR count). The molecule has 1 saturated heterocycles. The first-order chi connectivity index (χ1) is 15.3. The van der Waals surface area contributed by atoms with Crippen LogP contribution in [0, 0.1) is 0 Å². The minimum absolute atomic E-state index is 0.258. The van der Waals surface area contributed by atoms with E-state index in [0.717, 1.165) is 38.4 Å². The van der Waals surface area contributed by atoms with Gasteiger partial charge in [0.15, 0.2) is 11.3 Å². The molecule has 158 valence electrons. The van der Waals surface area contributed by atoms with Crippen LogP contribution in [-0.2, 0) is 11.3 Å². The van der Waals surface area contributed by atoms with Gasteiger partial charge in [0.25, 0.3) is 5.91 Å². The fourth-order valence-corrected chi connectivity index (χ4v) is 3.58. The molecule has 0 radical (unpaired) electrons. The lowest BCUT2D eigenvalue weighted by Gasteiger charge is -2.26. The second-order valence-electron chi connectivity index (χ2n) is 7.31. The van der Waals surface area contributed by atoms with Gasteiger partial charge in [0.2, 0.25) is 0 Å². The normalized spacial score (nSPS) is 14.6. The number of aromatic nitrogens is 3. The summed E-state index contributed by atoms with van der Waals surface area (Å²) in [6.45, 7) is 4.31. The van der Waals surface area contributed by atoms with Crippen LogP contribution in [0.4, 0.5) is 17.1 Å². The van der Waals surface area contributed by atoms with Gasteiger partial charge < -0.3 is 19.8 Å². The van der Waals surface area contributed by atoms with Crippen molar-refractivity contribution >= 4 is 34.1 Å². The van der Waals surface area contributed by atoms with Gasteiger partial charge in [0, 0.05) is 43.8 Å². The number of ether oxygens (including phenoxy) is 1. The van der Waals surface area contributed by atoms with Crippen LogP contribution in [0.3, 0.4) is 0 Å². The lowest BCUT2D eigenvalue weighted by Crippen LogP contribution is -2.35. The predicted octanol–water partition coefficient (Wildman–Crippen LogP) is 3.38. The molecule has 3 aromatic heterocycles. The first-order valence-electron chi connectivity index (χ1n) is 10.1. The molecule has 1 fully saturated rings. The van der Waals surface area contributed by atoms with Crippen molar-refractivity contribution in [3.8, 4) is 0 Å². The van der Waals surface area contributed by atoms with Gasteiger partial charge in [-0.2, -0.15) is 5.10 Å². The number of furan rings is 1. The number of nitrogens with one attached hydrogen (secondary N) is 3. The first kappa shape index (κ1) is 19.3. The van der Waals surface area contributed by atoms with Crippen LogP contribution in [-0.4, -0.2) is 52.3 Å². The number of rotatable bonds is 6. The van der Waals surface area contributed by atoms with E-state index in [4.69, 9.17) is 9.15 Å². The summed E-state index contributed by atoms with van der Waals surface area (Å²) < 4.78 is 10.9. The molecule has 1 aliphatic rings. The number of pyridine rings is 1. The molecule has 4 aromatic rings. The molecule has 4 heterocycles. The Morgan fingerprint density at radius 3 is 2.77 bits per heavy atom. The summed E-state index contributed by atoms with van der Waals surface area (Å²) in [4.78, 5) is 19.4. The van der Waals surface area contributed by atoms with Crippen LogP contribution in [0.25, 0.3) is 11.1 Å². The van der Waals surface area contributed by atoms with Crippen LogP contribution in [0.1, 0.15) is 16.1 Å². The molecule has 1 amide bonds. The summed E-state index contributed by atoms with van der Waals surface area (Å²) in [5.41, 5.74) is 4.77. The standard InChI is InChI=1S/C22H22N6O3/c29-22(25-16-3-1-15(2-4-16)14-28-8-11-30-12-9-28)20-19(13-24-27-20)26-18-5-7-23-17-6-10-31-21(17)18/h1-7,10,13H,8-9,11-12,14H2,(H,23,26)(H,24,27)(H,25,29). The maximum Gasteiger partial charge on any atom is 0.278 e. The Morgan fingerprint density at radius 1 is 1.10 bits per heavy atom. The zero-order valence-corrected chi connectivity index (χ0v) is 16.8. The summed E-state index contributed by atoms with van der Waals surface area (Å²) >= 11 is 0. The molecule has 3 N–H and O–H groups in total. The Morgan fingerprint density at radius 2 is 1.94 bits per heavy atom. The Hall–Kier alpha value is -3.69. The molecule has 9 heteroatoms. The average molecular weight is 418 g/mol. The van der Waals surface area contributed by atoms with E-state index in [1.807, 2.05) is 24.3 Å². The number of benzene rings is 1. The predicted molar refractivity (Wildman–Crippen MR) is 116 cm³/mol. The maximum atomic E-state index is 12.8. The largest absolute Gasteiger partial charge is 0.460 e. The number of hydrogen-bond acceptors (Lipinski definition) is 7. The molecule has 0 unspecified atom stereocenters. The second kappa shape index (κ2) is 8.58. The smallest absolute Gasteiger partial charge is 0.278 e. The Balaban J connectivity index is 1.26. The van der Waals surface area contributed by atoms with Gasteiger partial charge in [-0.25, -0.2) is 0 Å². The van der Waals surface area contributed by atoms with Gasteiger partial charge in [-0.05, 0) is 23.8 Å². The van der Waals surface area contributed by atoms with E-state index >= 15 is 0 Å². The average Bonchev–Trinajstić information content (AvgIpc) is 3.46. The number of aromatic amines is 1. The highest BCUT2D eigenvalue weighted by molar-refractivity contribution is 6.07. The van der Waals surface area contributed by atoms with Gasteiger partial charge in [0.05, 0.1) is 30.9 Å². The van der Waals surface area contributed by atoms with Crippen molar-refractivity contribution in [1.29, 1.82) is 0 Å². The van der Waals surface area contributed by atoms with Crippen molar-refractivity contribution in [1.82, 2.24) is 20.1 Å². The Kier molecular flexibility index (Phi) is 5.34. The highest BCUT2D eigenvalue weighted by Gasteiger charge is 2.17. The van der Waals surface area contributed by atoms with Crippen molar-refractivity contribution in [2.24, 2.45) is 0 Å². The Labute approximate surface area is 178 Å². The second-order valence-corrected chi connectivity index (χ2v) is 7.31. The quantitative estimate of drug-likeness (QED) is 0.440. The monoisotopic (exact) mass is 418 g/mol. The number of nitrogens with zero attached hydrogens (tertiary/aromatic N) is 3. The van der Waals surface area contributed by atoms with Crippen molar-refractivity contribution in [3.63, 3.8) is 0 Å². The zero-order chi connectivity index (χ0) is 21.0. The van der Waals surface area contributed by atoms with Crippen molar-refractivity contribution in [2.75, 3.05) is 36.9 Å². The van der Waals surface area contributed by atoms with E-state index in [1.165, 1.54) is 5.56 Å². The molecule has 0 bridgehead atoms. The van der Waals surface area contributed by atoms with Gasteiger partial charge in [0.1, 0.15) is 5.52 Å². The summed E-state index contributed by atoms with van der Waals surface area (Å²) in [6, 6.07) is 11.4. The maximum absolute atomic E-state index is 12.8. The van der Waals surface area contributed by atoms with E-state index in [1.54, 1.807) is 30.8 Å². The van der Waals surface area contributed by atoms with Gasteiger partial charge in [-0.3, -0.25) is 19.8 Å². The van der Waals surface area contributed by atoms with Gasteiger partial charge in [-0.15, -0.1) is 0 Å². The van der Waals surface area contributed by atoms with Gasteiger partial charge in [-0.1, -0.05) is 12.1 Å². The SMILES string of the molecule is O=C(Nc1ccc(CN2CCOCC2)cc1)c1n[nH]cc1Nc1ccnc2ccoc12. The minimum Gasteiger partial charge on any atom is -0.460 e. The van der Waals surface area contributed by atoms with Crippen molar-refractivity contribution in [3.05, 3.63) is 66.3 Å². The van der Waals surface area contributed by atoms with Crippen molar-refractivity contribution < 1.29 is 13.9 Å². The molecule has 0 aliphatic carbocycles. The van der Waals surface area contributed by atoms with E-state index < -0.39 is 0 Å². The molecule has 0 atom stereocenters. The molecule has 1 aliphatic heterocycles. The van der Waals surface area contributed by atoms with E-state index in [9.17, 15) is 4.79 Å². The minimum atomic E-state index is -0.311. The fourth-order valence-electron chi connectivity index (χ4n) is 3.58. The summed E-state index contributed by atoms with van der Waals surface area (Å²) in [7, 11) is 0.